The van der Waals surface area contributed by atoms with Crippen LogP contribution in [0, 0.1) is 10.8 Å². The van der Waals surface area contributed by atoms with E-state index in [1.807, 2.05) is 0 Å². The van der Waals surface area contributed by atoms with E-state index >= 15 is 0 Å². The summed E-state index contributed by atoms with van der Waals surface area (Å²) in [5.74, 6) is -0.671. The summed E-state index contributed by atoms with van der Waals surface area (Å²) in [5.41, 5.74) is 0.465. The highest BCUT2D eigenvalue weighted by Gasteiger charge is 2.39. The number of carbonyl (C=O) groups is 2. The minimum atomic E-state index is -0.467. The molecule has 0 radical (unpaired) electrons. The summed E-state index contributed by atoms with van der Waals surface area (Å²) in [6.07, 6.45) is 3.00. The molecule has 1 aliphatic rings. The Kier molecular flexibility index (Phi) is 5.75. The highest BCUT2D eigenvalue weighted by molar-refractivity contribution is 5.96. The summed E-state index contributed by atoms with van der Waals surface area (Å²) in [6, 6.07) is 0. The molecule has 4 heteroatoms. The third-order valence-corrected chi connectivity index (χ3v) is 3.64. The highest BCUT2D eigenvalue weighted by Crippen LogP contribution is 2.46. The van der Waals surface area contributed by atoms with Crippen molar-refractivity contribution in [2.45, 2.75) is 66.4 Å². The van der Waals surface area contributed by atoms with Crippen LogP contribution >= 0.6 is 0 Å². The molecule has 0 bridgehead atoms. The van der Waals surface area contributed by atoms with E-state index < -0.39 is 5.97 Å². The first kappa shape index (κ1) is 17.2. The minimum Gasteiger partial charge on any atom is -0.466 e. The first-order valence-electron chi connectivity index (χ1n) is 7.42. The summed E-state index contributed by atoms with van der Waals surface area (Å²) in [6.45, 7) is 11.0. The number of hydrogen-bond donors (Lipinski definition) is 0. The Hall–Kier alpha value is -0.900. The maximum absolute atomic E-state index is 11.7. The fraction of sp³-hybridized carbons (Fsp3) is 0.875. The van der Waals surface area contributed by atoms with Crippen LogP contribution in [0.1, 0.15) is 60.3 Å². The van der Waals surface area contributed by atoms with Gasteiger partial charge in [0.15, 0.2) is 5.78 Å². The van der Waals surface area contributed by atoms with Gasteiger partial charge in [-0.1, -0.05) is 27.7 Å². The number of Topliss-reactive ketones (excluding diaryl/α,β-unsaturated/α-hetero) is 1. The number of esters is 1. The molecule has 1 fully saturated rings. The summed E-state index contributed by atoms with van der Waals surface area (Å²) in [5, 5.41) is 0. The number of ketones is 1. The predicted molar refractivity (Wildman–Crippen MR) is 77.4 cm³/mol. The summed E-state index contributed by atoms with van der Waals surface area (Å²) in [4.78, 5) is 22.9. The smallest absolute Gasteiger partial charge is 0.313 e. The second-order valence-electron chi connectivity index (χ2n) is 7.37. The van der Waals surface area contributed by atoms with Crippen LogP contribution in [0.4, 0.5) is 0 Å². The molecule has 0 atom stereocenters. The van der Waals surface area contributed by atoms with Crippen molar-refractivity contribution in [1.82, 2.24) is 0 Å². The Balaban J connectivity index is 2.41. The molecule has 0 amide bonds. The van der Waals surface area contributed by atoms with Crippen molar-refractivity contribution in [3.8, 4) is 0 Å². The average molecular weight is 284 g/mol. The topological polar surface area (TPSA) is 52.6 Å². The Morgan fingerprint density at radius 3 is 2.15 bits per heavy atom. The van der Waals surface area contributed by atoms with Gasteiger partial charge in [-0.3, -0.25) is 9.59 Å². The molecule has 1 aliphatic carbocycles. The molecule has 4 nitrogen and oxygen atoms in total. The van der Waals surface area contributed by atoms with Gasteiger partial charge in [-0.25, -0.2) is 0 Å². The van der Waals surface area contributed by atoms with Crippen LogP contribution in [-0.2, 0) is 19.1 Å². The van der Waals surface area contributed by atoms with Crippen LogP contribution in [0.2, 0.25) is 0 Å². The predicted octanol–water partition coefficient (Wildman–Crippen LogP) is 3.13. The molecule has 0 aromatic carbocycles. The van der Waals surface area contributed by atoms with E-state index in [0.717, 1.165) is 19.3 Å². The fourth-order valence-electron chi connectivity index (χ4n) is 3.50. The standard InChI is InChI=1S/C16H28O4/c1-6-19-14(18)7-12(17)10-20-13-8-15(2,3)11-16(4,5)9-13/h13H,6-11H2,1-5H3. The summed E-state index contributed by atoms with van der Waals surface area (Å²) < 4.78 is 10.5. The van der Waals surface area contributed by atoms with Crippen molar-refractivity contribution >= 4 is 11.8 Å². The van der Waals surface area contributed by atoms with E-state index in [4.69, 9.17) is 9.47 Å². The van der Waals surface area contributed by atoms with Crippen LogP contribution in [0.5, 0.6) is 0 Å². The minimum absolute atomic E-state index is 0.00956. The van der Waals surface area contributed by atoms with Crippen molar-refractivity contribution in [3.63, 3.8) is 0 Å². The van der Waals surface area contributed by atoms with Gasteiger partial charge in [0.1, 0.15) is 13.0 Å². The molecule has 116 valence electrons. The zero-order valence-electron chi connectivity index (χ0n) is 13.5. The van der Waals surface area contributed by atoms with Gasteiger partial charge in [-0.15, -0.1) is 0 Å². The molecule has 1 saturated carbocycles. The van der Waals surface area contributed by atoms with E-state index in [1.54, 1.807) is 6.92 Å². The molecule has 0 aromatic rings. The first-order valence-corrected chi connectivity index (χ1v) is 7.42. The van der Waals surface area contributed by atoms with Crippen LogP contribution in [0.3, 0.4) is 0 Å². The van der Waals surface area contributed by atoms with Gasteiger partial charge in [-0.2, -0.15) is 0 Å². The Bertz CT molecular complexity index is 341. The number of rotatable bonds is 6. The van der Waals surface area contributed by atoms with Gasteiger partial charge in [-0.05, 0) is 37.0 Å². The molecule has 0 saturated heterocycles. The lowest BCUT2D eigenvalue weighted by Gasteiger charge is -2.44. The second kappa shape index (κ2) is 6.70. The molecule has 0 unspecified atom stereocenters. The van der Waals surface area contributed by atoms with Gasteiger partial charge in [0.05, 0.1) is 12.7 Å². The first-order chi connectivity index (χ1) is 9.13. The fourth-order valence-corrected chi connectivity index (χ4v) is 3.50. The monoisotopic (exact) mass is 284 g/mol. The van der Waals surface area contributed by atoms with Crippen molar-refractivity contribution < 1.29 is 19.1 Å². The van der Waals surface area contributed by atoms with Crippen molar-refractivity contribution in [2.75, 3.05) is 13.2 Å². The van der Waals surface area contributed by atoms with Gasteiger partial charge in [0, 0.05) is 0 Å². The summed E-state index contributed by atoms with van der Waals surface area (Å²) >= 11 is 0. The lowest BCUT2D eigenvalue weighted by atomic mass is 9.64. The molecule has 0 aliphatic heterocycles. The molecular weight excluding hydrogens is 256 g/mol. The zero-order chi connectivity index (χ0) is 15.4. The van der Waals surface area contributed by atoms with Crippen molar-refractivity contribution in [1.29, 1.82) is 0 Å². The lowest BCUT2D eigenvalue weighted by molar-refractivity contribution is -0.147. The zero-order valence-corrected chi connectivity index (χ0v) is 13.5. The largest absolute Gasteiger partial charge is 0.466 e. The van der Waals surface area contributed by atoms with Crippen LogP contribution in [0.15, 0.2) is 0 Å². The third kappa shape index (κ3) is 6.04. The SMILES string of the molecule is CCOC(=O)CC(=O)COC1CC(C)(C)CC(C)(C)C1. The molecule has 0 spiro atoms. The number of hydrogen-bond acceptors (Lipinski definition) is 4. The lowest BCUT2D eigenvalue weighted by Crippen LogP contribution is -2.38. The molecule has 0 heterocycles. The van der Waals surface area contributed by atoms with Gasteiger partial charge >= 0.3 is 5.97 Å². The van der Waals surface area contributed by atoms with E-state index in [9.17, 15) is 9.59 Å². The number of ether oxygens (including phenoxy) is 2. The van der Waals surface area contributed by atoms with E-state index in [-0.39, 0.29) is 35.7 Å². The molecule has 0 aromatic heterocycles. The second-order valence-corrected chi connectivity index (χ2v) is 7.37. The molecule has 20 heavy (non-hydrogen) atoms. The third-order valence-electron chi connectivity index (χ3n) is 3.64. The van der Waals surface area contributed by atoms with Crippen molar-refractivity contribution in [2.24, 2.45) is 10.8 Å². The van der Waals surface area contributed by atoms with Gasteiger partial charge in [0.25, 0.3) is 0 Å². The van der Waals surface area contributed by atoms with Crippen LogP contribution < -0.4 is 0 Å². The number of carbonyl (C=O) groups excluding carboxylic acids is 2. The Morgan fingerprint density at radius 1 is 1.10 bits per heavy atom. The maximum Gasteiger partial charge on any atom is 0.313 e. The van der Waals surface area contributed by atoms with E-state index in [1.165, 1.54) is 0 Å². The maximum atomic E-state index is 11.7. The van der Waals surface area contributed by atoms with Crippen LogP contribution in [0.25, 0.3) is 0 Å². The Morgan fingerprint density at radius 2 is 1.65 bits per heavy atom. The summed E-state index contributed by atoms with van der Waals surface area (Å²) in [7, 11) is 0. The molecule has 0 N–H and O–H groups in total. The quantitative estimate of drug-likeness (QED) is 0.555. The van der Waals surface area contributed by atoms with E-state index in [2.05, 4.69) is 27.7 Å². The average Bonchev–Trinajstić information content (AvgIpc) is 2.22. The van der Waals surface area contributed by atoms with Gasteiger partial charge in [0.2, 0.25) is 0 Å². The normalized spacial score (nSPS) is 21.4. The van der Waals surface area contributed by atoms with E-state index in [0.29, 0.717) is 6.61 Å². The molecular formula is C16H28O4. The van der Waals surface area contributed by atoms with Gasteiger partial charge < -0.3 is 9.47 Å². The molecule has 1 rings (SSSR count). The Labute approximate surface area is 122 Å². The van der Waals surface area contributed by atoms with Crippen LogP contribution in [-0.4, -0.2) is 31.1 Å². The highest BCUT2D eigenvalue weighted by atomic mass is 16.5. The van der Waals surface area contributed by atoms with Crippen molar-refractivity contribution in [3.05, 3.63) is 0 Å².